The van der Waals surface area contributed by atoms with Crippen molar-refractivity contribution in [3.63, 3.8) is 0 Å². The Bertz CT molecular complexity index is 317. The molecule has 0 aromatic carbocycles. The Labute approximate surface area is 76.3 Å². The fraction of sp³-hybridized carbons (Fsp3) is 0.500. The van der Waals surface area contributed by atoms with Gasteiger partial charge in [0.25, 0.3) is 5.91 Å². The summed E-state index contributed by atoms with van der Waals surface area (Å²) in [5.41, 5.74) is 2.73. The molecule has 0 unspecified atom stereocenters. The summed E-state index contributed by atoms with van der Waals surface area (Å²) in [5.74, 6) is -0.524. The second-order valence-corrected chi connectivity index (χ2v) is 3.12. The first-order valence-corrected chi connectivity index (χ1v) is 4.06. The average molecular weight is 183 g/mol. The number of aromatic nitrogens is 2. The van der Waals surface area contributed by atoms with Gasteiger partial charge in [0.1, 0.15) is 0 Å². The molecule has 1 heterocycles. The highest BCUT2D eigenvalue weighted by atomic mass is 16.5. The Morgan fingerprint density at radius 1 is 1.69 bits per heavy atom. The number of hydrogen-bond acceptors (Lipinski definition) is 3. The van der Waals surface area contributed by atoms with Crippen LogP contribution in [0, 0.1) is 6.92 Å². The van der Waals surface area contributed by atoms with Crippen molar-refractivity contribution in [1.82, 2.24) is 15.3 Å². The second-order valence-electron chi connectivity index (χ2n) is 3.12. The van der Waals surface area contributed by atoms with E-state index in [1.807, 2.05) is 13.8 Å². The van der Waals surface area contributed by atoms with Gasteiger partial charge in [-0.05, 0) is 20.8 Å². The van der Waals surface area contributed by atoms with E-state index in [1.54, 1.807) is 17.1 Å². The Morgan fingerprint density at radius 3 is 2.69 bits per heavy atom. The molecule has 13 heavy (non-hydrogen) atoms. The van der Waals surface area contributed by atoms with E-state index < -0.39 is 5.91 Å². The van der Waals surface area contributed by atoms with Gasteiger partial charge in [0.15, 0.2) is 0 Å². The van der Waals surface area contributed by atoms with Crippen LogP contribution in [0.4, 0.5) is 0 Å². The number of nitrogens with zero attached hydrogens (tertiary/aromatic N) is 2. The molecule has 5 heteroatoms. The van der Waals surface area contributed by atoms with Crippen LogP contribution >= 0.6 is 0 Å². The molecule has 1 rings (SSSR count). The largest absolute Gasteiger partial charge is 0.288 e. The third kappa shape index (κ3) is 1.70. The van der Waals surface area contributed by atoms with Gasteiger partial charge in [0.05, 0.1) is 11.8 Å². The lowest BCUT2D eigenvalue weighted by molar-refractivity contribution is 0.0705. The van der Waals surface area contributed by atoms with E-state index in [-0.39, 0.29) is 6.04 Å². The second kappa shape index (κ2) is 3.57. The van der Waals surface area contributed by atoms with Crippen LogP contribution < -0.4 is 5.48 Å². The van der Waals surface area contributed by atoms with Crippen molar-refractivity contribution in [3.05, 3.63) is 17.5 Å². The number of hydroxylamine groups is 1. The van der Waals surface area contributed by atoms with E-state index in [0.717, 1.165) is 5.69 Å². The van der Waals surface area contributed by atoms with Crippen molar-refractivity contribution >= 4 is 5.91 Å². The average Bonchev–Trinajstić information content (AvgIpc) is 2.46. The van der Waals surface area contributed by atoms with Crippen molar-refractivity contribution in [1.29, 1.82) is 0 Å². The van der Waals surface area contributed by atoms with Crippen LogP contribution in [0.15, 0.2) is 6.20 Å². The predicted octanol–water partition coefficient (Wildman–Crippen LogP) is 0.891. The smallest absolute Gasteiger partial charge is 0.278 e. The Hall–Kier alpha value is -1.36. The number of rotatable bonds is 2. The first-order valence-electron chi connectivity index (χ1n) is 4.06. The summed E-state index contributed by atoms with van der Waals surface area (Å²) in [7, 11) is 0. The first kappa shape index (κ1) is 9.73. The molecule has 2 N–H and O–H groups in total. The predicted molar refractivity (Wildman–Crippen MR) is 46.6 cm³/mol. The van der Waals surface area contributed by atoms with Gasteiger partial charge < -0.3 is 0 Å². The van der Waals surface area contributed by atoms with E-state index in [4.69, 9.17) is 5.21 Å². The lowest BCUT2D eigenvalue weighted by Crippen LogP contribution is -2.19. The number of carbonyl (C=O) groups is 1. The van der Waals surface area contributed by atoms with Crippen molar-refractivity contribution in [3.8, 4) is 0 Å². The van der Waals surface area contributed by atoms with Crippen LogP contribution in [0.3, 0.4) is 0 Å². The van der Waals surface area contributed by atoms with Gasteiger partial charge in [-0.3, -0.25) is 14.7 Å². The third-order valence-corrected chi connectivity index (χ3v) is 1.88. The van der Waals surface area contributed by atoms with Gasteiger partial charge in [0, 0.05) is 11.7 Å². The number of nitrogens with one attached hydrogen (secondary N) is 1. The molecule has 0 spiro atoms. The fourth-order valence-corrected chi connectivity index (χ4v) is 1.23. The molecule has 0 aliphatic rings. The highest BCUT2D eigenvalue weighted by molar-refractivity contribution is 5.94. The van der Waals surface area contributed by atoms with E-state index in [9.17, 15) is 4.79 Å². The molecule has 0 atom stereocenters. The highest BCUT2D eigenvalue weighted by Crippen LogP contribution is 2.12. The van der Waals surface area contributed by atoms with Crippen LogP contribution in [-0.4, -0.2) is 20.9 Å². The maximum absolute atomic E-state index is 11.1. The van der Waals surface area contributed by atoms with Gasteiger partial charge in [0.2, 0.25) is 0 Å². The molecule has 0 fully saturated rings. The van der Waals surface area contributed by atoms with Gasteiger partial charge in [-0.15, -0.1) is 0 Å². The number of carbonyl (C=O) groups excluding carboxylic acids is 1. The summed E-state index contributed by atoms with van der Waals surface area (Å²) < 4.78 is 1.73. The summed E-state index contributed by atoms with van der Waals surface area (Å²) in [6, 6.07) is 0.209. The summed E-state index contributed by atoms with van der Waals surface area (Å²) in [6.07, 6.45) is 1.45. The van der Waals surface area contributed by atoms with Crippen molar-refractivity contribution in [2.75, 3.05) is 0 Å². The van der Waals surface area contributed by atoms with Crippen LogP contribution in [0.2, 0.25) is 0 Å². The van der Waals surface area contributed by atoms with Crippen LogP contribution in [0.5, 0.6) is 0 Å². The SMILES string of the molecule is Cc1c(C(=O)NO)cnn1C(C)C. The molecule has 72 valence electrons. The van der Waals surface area contributed by atoms with E-state index in [0.29, 0.717) is 5.56 Å². The van der Waals surface area contributed by atoms with Crippen molar-refractivity contribution in [2.45, 2.75) is 26.8 Å². The third-order valence-electron chi connectivity index (χ3n) is 1.88. The molecule has 0 radical (unpaired) electrons. The summed E-state index contributed by atoms with van der Waals surface area (Å²) in [6.45, 7) is 5.73. The maximum Gasteiger partial charge on any atom is 0.278 e. The van der Waals surface area contributed by atoms with Gasteiger partial charge in [-0.1, -0.05) is 0 Å². The van der Waals surface area contributed by atoms with Crippen LogP contribution in [-0.2, 0) is 0 Å². The van der Waals surface area contributed by atoms with E-state index in [1.165, 1.54) is 6.20 Å². The Kier molecular flexibility index (Phi) is 2.67. The Balaban J connectivity index is 3.06. The molecule has 1 aromatic heterocycles. The summed E-state index contributed by atoms with van der Waals surface area (Å²) in [4.78, 5) is 11.1. The molecule has 5 nitrogen and oxygen atoms in total. The first-order chi connectivity index (χ1) is 6.07. The van der Waals surface area contributed by atoms with Gasteiger partial charge >= 0.3 is 0 Å². The summed E-state index contributed by atoms with van der Waals surface area (Å²) >= 11 is 0. The number of hydrogen-bond donors (Lipinski definition) is 2. The molecule has 1 amide bonds. The normalized spacial score (nSPS) is 10.5. The lowest BCUT2D eigenvalue weighted by atomic mass is 10.2. The minimum atomic E-state index is -0.524. The topological polar surface area (TPSA) is 67.2 Å². The summed E-state index contributed by atoms with van der Waals surface area (Å²) in [5, 5.41) is 12.5. The van der Waals surface area contributed by atoms with Gasteiger partial charge in [-0.25, -0.2) is 5.48 Å². The number of amides is 1. The van der Waals surface area contributed by atoms with E-state index >= 15 is 0 Å². The standard InChI is InChI=1S/C8H13N3O2/c1-5(2)11-6(3)7(4-9-11)8(12)10-13/h4-5,13H,1-3H3,(H,10,12). The van der Waals surface area contributed by atoms with E-state index in [2.05, 4.69) is 5.10 Å². The molecule has 0 saturated heterocycles. The fourth-order valence-electron chi connectivity index (χ4n) is 1.23. The maximum atomic E-state index is 11.1. The molecule has 0 aliphatic heterocycles. The highest BCUT2D eigenvalue weighted by Gasteiger charge is 2.14. The van der Waals surface area contributed by atoms with Gasteiger partial charge in [-0.2, -0.15) is 5.10 Å². The minimum absolute atomic E-state index is 0.209. The molecule has 0 saturated carbocycles. The van der Waals surface area contributed by atoms with Crippen LogP contribution in [0.25, 0.3) is 0 Å². The van der Waals surface area contributed by atoms with Crippen molar-refractivity contribution < 1.29 is 10.0 Å². The zero-order chi connectivity index (χ0) is 10.0. The Morgan fingerprint density at radius 2 is 2.31 bits per heavy atom. The van der Waals surface area contributed by atoms with Crippen LogP contribution in [0.1, 0.15) is 35.9 Å². The zero-order valence-corrected chi connectivity index (χ0v) is 7.90. The monoisotopic (exact) mass is 183 g/mol. The lowest BCUT2D eigenvalue weighted by Gasteiger charge is -2.07. The molecule has 1 aromatic rings. The minimum Gasteiger partial charge on any atom is -0.288 e. The molecular weight excluding hydrogens is 170 g/mol. The molecule has 0 bridgehead atoms. The molecular formula is C8H13N3O2. The molecule has 0 aliphatic carbocycles. The quantitative estimate of drug-likeness (QED) is 0.528. The van der Waals surface area contributed by atoms with Crippen molar-refractivity contribution in [2.24, 2.45) is 0 Å². The zero-order valence-electron chi connectivity index (χ0n) is 7.90.